The van der Waals surface area contributed by atoms with Crippen molar-refractivity contribution in [2.75, 3.05) is 6.54 Å². The standard InChI is InChI=1S/C13H24N2O3S/c1-9(2)7-15-19(16,17)13-6-12(18-11(13)5)8-14-10(3)4/h6,9-10,14-15H,7-8H2,1-5H3. The molecular weight excluding hydrogens is 264 g/mol. The molecule has 1 rings (SSSR count). The van der Waals surface area contributed by atoms with Gasteiger partial charge in [0.15, 0.2) is 0 Å². The molecule has 0 aromatic carbocycles. The summed E-state index contributed by atoms with van der Waals surface area (Å²) in [5.41, 5.74) is 0. The van der Waals surface area contributed by atoms with Gasteiger partial charge in [0.2, 0.25) is 10.0 Å². The van der Waals surface area contributed by atoms with Crippen LogP contribution in [-0.4, -0.2) is 21.0 Å². The number of nitrogens with one attached hydrogen (secondary N) is 2. The van der Waals surface area contributed by atoms with E-state index in [0.29, 0.717) is 30.7 Å². The lowest BCUT2D eigenvalue weighted by molar-refractivity contribution is 0.444. The lowest BCUT2D eigenvalue weighted by atomic mass is 10.2. The molecule has 0 saturated heterocycles. The predicted molar refractivity (Wildman–Crippen MR) is 75.4 cm³/mol. The van der Waals surface area contributed by atoms with E-state index in [-0.39, 0.29) is 10.8 Å². The Bertz CT molecular complexity index is 504. The van der Waals surface area contributed by atoms with Crippen LogP contribution in [0.1, 0.15) is 39.2 Å². The number of furan rings is 1. The second-order valence-corrected chi connectivity index (χ2v) is 7.15. The van der Waals surface area contributed by atoms with Crippen LogP contribution in [0.5, 0.6) is 0 Å². The number of hydrogen-bond donors (Lipinski definition) is 2. The van der Waals surface area contributed by atoms with Gasteiger partial charge >= 0.3 is 0 Å². The molecule has 0 aliphatic rings. The van der Waals surface area contributed by atoms with Crippen LogP contribution in [0.15, 0.2) is 15.4 Å². The Balaban J connectivity index is 2.83. The third kappa shape index (κ3) is 4.97. The van der Waals surface area contributed by atoms with E-state index in [4.69, 9.17) is 4.42 Å². The molecule has 0 atom stereocenters. The molecule has 110 valence electrons. The van der Waals surface area contributed by atoms with Gasteiger partial charge in [0.1, 0.15) is 16.4 Å². The van der Waals surface area contributed by atoms with Crippen molar-refractivity contribution in [3.05, 3.63) is 17.6 Å². The van der Waals surface area contributed by atoms with E-state index in [1.807, 2.05) is 27.7 Å². The molecule has 1 heterocycles. The van der Waals surface area contributed by atoms with Crippen molar-refractivity contribution in [1.29, 1.82) is 0 Å². The van der Waals surface area contributed by atoms with E-state index < -0.39 is 10.0 Å². The van der Waals surface area contributed by atoms with Gasteiger partial charge < -0.3 is 9.73 Å². The number of hydrogen-bond acceptors (Lipinski definition) is 4. The zero-order chi connectivity index (χ0) is 14.6. The van der Waals surface area contributed by atoms with Crippen LogP contribution in [0, 0.1) is 12.8 Å². The Morgan fingerprint density at radius 3 is 2.42 bits per heavy atom. The molecule has 0 unspecified atom stereocenters. The molecule has 5 nitrogen and oxygen atoms in total. The van der Waals surface area contributed by atoms with Crippen molar-refractivity contribution in [3.63, 3.8) is 0 Å². The fourth-order valence-corrected chi connectivity index (χ4v) is 2.95. The summed E-state index contributed by atoms with van der Waals surface area (Å²) in [6, 6.07) is 1.91. The Labute approximate surface area is 115 Å². The maximum atomic E-state index is 12.1. The van der Waals surface area contributed by atoms with Gasteiger partial charge in [-0.15, -0.1) is 0 Å². The number of aryl methyl sites for hydroxylation is 1. The van der Waals surface area contributed by atoms with E-state index in [1.165, 1.54) is 0 Å². The molecular formula is C13H24N2O3S. The van der Waals surface area contributed by atoms with Gasteiger partial charge in [-0.3, -0.25) is 0 Å². The van der Waals surface area contributed by atoms with Gasteiger partial charge in [-0.2, -0.15) is 0 Å². The van der Waals surface area contributed by atoms with Gasteiger partial charge in [0, 0.05) is 18.7 Å². The van der Waals surface area contributed by atoms with Crippen molar-refractivity contribution in [2.24, 2.45) is 5.92 Å². The summed E-state index contributed by atoms with van der Waals surface area (Å²) in [5, 5.41) is 3.20. The first-order valence-corrected chi connectivity index (χ1v) is 8.03. The van der Waals surface area contributed by atoms with Crippen molar-refractivity contribution < 1.29 is 12.8 Å². The fraction of sp³-hybridized carbons (Fsp3) is 0.692. The highest BCUT2D eigenvalue weighted by Gasteiger charge is 2.21. The third-order valence-electron chi connectivity index (χ3n) is 2.58. The molecule has 0 saturated carbocycles. The minimum absolute atomic E-state index is 0.230. The van der Waals surface area contributed by atoms with Gasteiger partial charge in [-0.1, -0.05) is 27.7 Å². The zero-order valence-corrected chi connectivity index (χ0v) is 13.1. The lowest BCUT2D eigenvalue weighted by Gasteiger charge is -2.07. The summed E-state index contributed by atoms with van der Waals surface area (Å²) in [4.78, 5) is 0.230. The zero-order valence-electron chi connectivity index (χ0n) is 12.3. The summed E-state index contributed by atoms with van der Waals surface area (Å²) >= 11 is 0. The van der Waals surface area contributed by atoms with Gasteiger partial charge in [-0.05, 0) is 12.8 Å². The third-order valence-corrected chi connectivity index (χ3v) is 4.11. The number of rotatable bonds is 7. The van der Waals surface area contributed by atoms with Crippen LogP contribution < -0.4 is 10.0 Å². The topological polar surface area (TPSA) is 71.3 Å². The normalized spacial score (nSPS) is 12.6. The van der Waals surface area contributed by atoms with Crippen LogP contribution in [0.25, 0.3) is 0 Å². The first kappa shape index (κ1) is 16.2. The van der Waals surface area contributed by atoms with Crippen LogP contribution in [0.4, 0.5) is 0 Å². The second-order valence-electron chi connectivity index (χ2n) is 5.41. The average Bonchev–Trinajstić information content (AvgIpc) is 2.66. The molecule has 0 fully saturated rings. The maximum absolute atomic E-state index is 12.1. The fourth-order valence-electron chi connectivity index (χ4n) is 1.54. The lowest BCUT2D eigenvalue weighted by Crippen LogP contribution is -2.27. The highest BCUT2D eigenvalue weighted by molar-refractivity contribution is 7.89. The van der Waals surface area contributed by atoms with Crippen molar-refractivity contribution in [3.8, 4) is 0 Å². The Hall–Kier alpha value is -0.850. The molecule has 0 amide bonds. The molecule has 0 aliphatic heterocycles. The van der Waals surface area contributed by atoms with E-state index in [0.717, 1.165) is 0 Å². The SMILES string of the molecule is Cc1oc(CNC(C)C)cc1S(=O)(=O)NCC(C)C. The molecule has 0 bridgehead atoms. The first-order chi connectivity index (χ1) is 8.72. The average molecular weight is 288 g/mol. The Morgan fingerprint density at radius 2 is 1.89 bits per heavy atom. The molecule has 1 aromatic heterocycles. The van der Waals surface area contributed by atoms with Gasteiger partial charge in [0.05, 0.1) is 6.54 Å². The van der Waals surface area contributed by atoms with E-state index >= 15 is 0 Å². The minimum Gasteiger partial charge on any atom is -0.464 e. The largest absolute Gasteiger partial charge is 0.464 e. The summed E-state index contributed by atoms with van der Waals surface area (Å²) < 4.78 is 32.3. The summed E-state index contributed by atoms with van der Waals surface area (Å²) in [5.74, 6) is 1.33. The van der Waals surface area contributed by atoms with Gasteiger partial charge in [-0.25, -0.2) is 13.1 Å². The Morgan fingerprint density at radius 1 is 1.26 bits per heavy atom. The molecule has 0 spiro atoms. The predicted octanol–water partition coefficient (Wildman–Crippen LogP) is 2.02. The van der Waals surface area contributed by atoms with Crippen molar-refractivity contribution >= 4 is 10.0 Å². The molecule has 19 heavy (non-hydrogen) atoms. The van der Waals surface area contributed by atoms with Crippen LogP contribution in [0.3, 0.4) is 0 Å². The van der Waals surface area contributed by atoms with E-state index in [2.05, 4.69) is 10.0 Å². The highest BCUT2D eigenvalue weighted by Crippen LogP contribution is 2.20. The minimum atomic E-state index is -3.48. The smallest absolute Gasteiger partial charge is 0.244 e. The monoisotopic (exact) mass is 288 g/mol. The van der Waals surface area contributed by atoms with E-state index in [9.17, 15) is 8.42 Å². The van der Waals surface area contributed by atoms with E-state index in [1.54, 1.807) is 13.0 Å². The second kappa shape index (κ2) is 6.54. The van der Waals surface area contributed by atoms with Gasteiger partial charge in [0.25, 0.3) is 0 Å². The first-order valence-electron chi connectivity index (χ1n) is 6.54. The molecule has 1 aromatic rings. The van der Waals surface area contributed by atoms with Crippen LogP contribution >= 0.6 is 0 Å². The summed E-state index contributed by atoms with van der Waals surface area (Å²) in [6.07, 6.45) is 0. The van der Waals surface area contributed by atoms with Crippen LogP contribution in [0.2, 0.25) is 0 Å². The summed E-state index contributed by atoms with van der Waals surface area (Å²) in [7, 11) is -3.48. The van der Waals surface area contributed by atoms with Crippen molar-refractivity contribution in [1.82, 2.24) is 10.0 Å². The van der Waals surface area contributed by atoms with Crippen molar-refractivity contribution in [2.45, 2.75) is 52.1 Å². The quantitative estimate of drug-likeness (QED) is 0.805. The molecule has 2 N–H and O–H groups in total. The molecule has 0 radical (unpaired) electrons. The summed E-state index contributed by atoms with van der Waals surface area (Å²) in [6.45, 7) is 10.6. The highest BCUT2D eigenvalue weighted by atomic mass is 32.2. The van der Waals surface area contributed by atoms with Crippen LogP contribution in [-0.2, 0) is 16.6 Å². The maximum Gasteiger partial charge on any atom is 0.244 e. The molecule has 6 heteroatoms. The Kier molecular flexibility index (Phi) is 5.58. The number of sulfonamides is 1. The molecule has 0 aliphatic carbocycles.